The maximum absolute atomic E-state index is 5.22. The minimum absolute atomic E-state index is 0.533. The van der Waals surface area contributed by atoms with Crippen LogP contribution in [-0.2, 0) is 0 Å². The molecule has 0 saturated heterocycles. The molecule has 0 amide bonds. The van der Waals surface area contributed by atoms with Crippen molar-refractivity contribution in [2.75, 3.05) is 10.7 Å². The lowest BCUT2D eigenvalue weighted by Crippen LogP contribution is -2.33. The smallest absolute Gasteiger partial charge is 0.189 e. The molecule has 0 unspecified atom stereocenters. The highest BCUT2D eigenvalue weighted by Crippen LogP contribution is 2.09. The summed E-state index contributed by atoms with van der Waals surface area (Å²) in [4.78, 5) is 0. The predicted molar refractivity (Wildman–Crippen MR) is 85.3 cm³/mol. The molecule has 0 spiro atoms. The van der Waals surface area contributed by atoms with Crippen LogP contribution in [0.5, 0.6) is 0 Å². The minimum atomic E-state index is 0.533. The summed E-state index contributed by atoms with van der Waals surface area (Å²) < 4.78 is 0. The van der Waals surface area contributed by atoms with Gasteiger partial charge in [-0.25, -0.2) is 0 Å². The number of hydrogen-bond acceptors (Lipinski definition) is 2. The van der Waals surface area contributed by atoms with Gasteiger partial charge in [0, 0.05) is 5.69 Å². The molecule has 0 aliphatic heterocycles. The summed E-state index contributed by atoms with van der Waals surface area (Å²) in [6, 6.07) is 16.1. The fraction of sp³-hybridized carbons (Fsp3) is 0.133. The van der Waals surface area contributed by atoms with Crippen molar-refractivity contribution in [3.63, 3.8) is 0 Å². The van der Waals surface area contributed by atoms with E-state index in [2.05, 4.69) is 23.1 Å². The molecule has 0 aromatic heterocycles. The molecule has 2 aromatic carbocycles. The maximum atomic E-state index is 5.22. The number of thiocarbonyl (C=S) groups is 1. The molecule has 19 heavy (non-hydrogen) atoms. The molecule has 0 fully saturated rings. The highest BCUT2D eigenvalue weighted by Gasteiger charge is 1.97. The summed E-state index contributed by atoms with van der Waals surface area (Å²) in [7, 11) is 0. The van der Waals surface area contributed by atoms with Crippen LogP contribution >= 0.6 is 12.2 Å². The Labute approximate surface area is 119 Å². The van der Waals surface area contributed by atoms with Crippen LogP contribution in [0, 0.1) is 13.8 Å². The normalized spacial score (nSPS) is 9.79. The second-order valence-electron chi connectivity index (χ2n) is 4.44. The third-order valence-corrected chi connectivity index (χ3v) is 2.85. The molecule has 0 aliphatic rings. The summed E-state index contributed by atoms with van der Waals surface area (Å²) in [5.41, 5.74) is 10.4. The van der Waals surface area contributed by atoms with Crippen LogP contribution in [0.15, 0.2) is 48.5 Å². The van der Waals surface area contributed by atoms with Crippen LogP contribution in [0.4, 0.5) is 11.4 Å². The van der Waals surface area contributed by atoms with Gasteiger partial charge in [0.05, 0.1) is 5.69 Å². The van der Waals surface area contributed by atoms with Crippen molar-refractivity contribution in [1.82, 2.24) is 5.43 Å². The second-order valence-corrected chi connectivity index (χ2v) is 4.85. The topological polar surface area (TPSA) is 36.1 Å². The maximum Gasteiger partial charge on any atom is 0.189 e. The van der Waals surface area contributed by atoms with Gasteiger partial charge in [-0.2, -0.15) is 0 Å². The molecule has 2 aromatic rings. The fourth-order valence-electron chi connectivity index (χ4n) is 1.65. The van der Waals surface area contributed by atoms with E-state index in [0.29, 0.717) is 5.11 Å². The molecule has 0 atom stereocenters. The molecule has 3 nitrogen and oxygen atoms in total. The second kappa shape index (κ2) is 6.20. The number of rotatable bonds is 3. The third kappa shape index (κ3) is 4.26. The van der Waals surface area contributed by atoms with Crippen LogP contribution in [0.1, 0.15) is 11.1 Å². The molecule has 3 N–H and O–H groups in total. The number of aryl methyl sites for hydroxylation is 2. The van der Waals surface area contributed by atoms with Gasteiger partial charge in [-0.3, -0.25) is 10.9 Å². The molecule has 4 heteroatoms. The first kappa shape index (κ1) is 13.4. The van der Waals surface area contributed by atoms with Gasteiger partial charge in [0.25, 0.3) is 0 Å². The Morgan fingerprint density at radius 3 is 2.32 bits per heavy atom. The Kier molecular flexibility index (Phi) is 4.36. The van der Waals surface area contributed by atoms with Gasteiger partial charge in [-0.15, -0.1) is 0 Å². The van der Waals surface area contributed by atoms with Crippen molar-refractivity contribution in [2.45, 2.75) is 13.8 Å². The van der Waals surface area contributed by atoms with Crippen molar-refractivity contribution in [3.05, 3.63) is 59.7 Å². The van der Waals surface area contributed by atoms with Crippen molar-refractivity contribution >= 4 is 28.7 Å². The molecular weight excluding hydrogens is 254 g/mol. The average molecular weight is 271 g/mol. The van der Waals surface area contributed by atoms with E-state index in [-0.39, 0.29) is 0 Å². The first-order chi connectivity index (χ1) is 9.13. The van der Waals surface area contributed by atoms with E-state index in [4.69, 9.17) is 12.2 Å². The van der Waals surface area contributed by atoms with Crippen LogP contribution in [0.2, 0.25) is 0 Å². The molecular formula is C15H17N3S. The molecule has 2 rings (SSSR count). The Morgan fingerprint density at radius 1 is 0.895 bits per heavy atom. The van der Waals surface area contributed by atoms with Crippen molar-refractivity contribution < 1.29 is 0 Å². The summed E-state index contributed by atoms with van der Waals surface area (Å²) >= 11 is 5.22. The number of anilines is 2. The predicted octanol–water partition coefficient (Wildman–Crippen LogP) is 3.62. The molecule has 0 bridgehead atoms. The first-order valence-corrected chi connectivity index (χ1v) is 6.51. The highest BCUT2D eigenvalue weighted by molar-refractivity contribution is 7.80. The summed E-state index contributed by atoms with van der Waals surface area (Å²) in [6.45, 7) is 4.10. The Bertz CT molecular complexity index is 564. The standard InChI is InChI=1S/C15H17N3S/c1-11-6-8-13(9-7-11)16-15(19)18-17-14-5-3-4-12(2)10-14/h3-10,17H,1-2H3,(H2,16,18,19). The Hall–Kier alpha value is -2.07. The molecule has 98 valence electrons. The van der Waals surface area contributed by atoms with Gasteiger partial charge in [0.15, 0.2) is 5.11 Å². The molecule has 0 aliphatic carbocycles. The SMILES string of the molecule is Cc1ccc(NC(=S)NNc2cccc(C)c2)cc1. The fourth-order valence-corrected chi connectivity index (χ4v) is 1.82. The zero-order valence-electron chi connectivity index (χ0n) is 11.0. The number of hydrogen-bond donors (Lipinski definition) is 3. The zero-order valence-corrected chi connectivity index (χ0v) is 11.8. The van der Waals surface area contributed by atoms with E-state index in [0.717, 1.165) is 11.4 Å². The number of hydrazine groups is 1. The average Bonchev–Trinajstić information content (AvgIpc) is 2.39. The van der Waals surface area contributed by atoms with Gasteiger partial charge in [-0.1, -0.05) is 29.8 Å². The van der Waals surface area contributed by atoms with E-state index >= 15 is 0 Å². The lowest BCUT2D eigenvalue weighted by molar-refractivity contribution is 1.13. The van der Waals surface area contributed by atoms with E-state index in [1.54, 1.807) is 0 Å². The van der Waals surface area contributed by atoms with Gasteiger partial charge in [0.1, 0.15) is 0 Å². The molecule has 0 heterocycles. The van der Waals surface area contributed by atoms with Crippen LogP contribution < -0.4 is 16.2 Å². The highest BCUT2D eigenvalue weighted by atomic mass is 32.1. The van der Waals surface area contributed by atoms with Gasteiger partial charge in [-0.05, 0) is 55.9 Å². The van der Waals surface area contributed by atoms with E-state index in [1.165, 1.54) is 11.1 Å². The summed E-state index contributed by atoms with van der Waals surface area (Å²) in [5.74, 6) is 0. The molecule has 0 saturated carbocycles. The van der Waals surface area contributed by atoms with Gasteiger partial charge >= 0.3 is 0 Å². The Morgan fingerprint density at radius 2 is 1.63 bits per heavy atom. The van der Waals surface area contributed by atoms with Crippen molar-refractivity contribution in [2.24, 2.45) is 0 Å². The lowest BCUT2D eigenvalue weighted by atomic mass is 10.2. The first-order valence-electron chi connectivity index (χ1n) is 6.10. The summed E-state index contributed by atoms with van der Waals surface area (Å²) in [6.07, 6.45) is 0. The van der Waals surface area contributed by atoms with Gasteiger partial charge in [0.2, 0.25) is 0 Å². The van der Waals surface area contributed by atoms with Crippen molar-refractivity contribution in [3.8, 4) is 0 Å². The third-order valence-electron chi connectivity index (χ3n) is 2.65. The quantitative estimate of drug-likeness (QED) is 0.588. The zero-order chi connectivity index (χ0) is 13.7. The minimum Gasteiger partial charge on any atom is -0.331 e. The number of benzene rings is 2. The van der Waals surface area contributed by atoms with Gasteiger partial charge < -0.3 is 5.32 Å². The Balaban J connectivity index is 1.86. The molecule has 0 radical (unpaired) electrons. The van der Waals surface area contributed by atoms with Crippen LogP contribution in [0.3, 0.4) is 0 Å². The monoisotopic (exact) mass is 271 g/mol. The van der Waals surface area contributed by atoms with Crippen LogP contribution in [-0.4, -0.2) is 5.11 Å². The summed E-state index contributed by atoms with van der Waals surface area (Å²) in [5, 5.41) is 3.64. The van der Waals surface area contributed by atoms with E-state index in [1.807, 2.05) is 55.5 Å². The largest absolute Gasteiger partial charge is 0.331 e. The number of nitrogens with one attached hydrogen (secondary N) is 3. The lowest BCUT2D eigenvalue weighted by Gasteiger charge is -2.13. The van der Waals surface area contributed by atoms with E-state index in [9.17, 15) is 0 Å². The van der Waals surface area contributed by atoms with E-state index < -0.39 is 0 Å². The van der Waals surface area contributed by atoms with Crippen LogP contribution in [0.25, 0.3) is 0 Å². The van der Waals surface area contributed by atoms with Crippen molar-refractivity contribution in [1.29, 1.82) is 0 Å².